The highest BCUT2D eigenvalue weighted by atomic mass is 35.5. The predicted molar refractivity (Wildman–Crippen MR) is 137 cm³/mol. The Balaban J connectivity index is 1.34. The van der Waals surface area contributed by atoms with Crippen molar-refractivity contribution < 1.29 is 14.2 Å². The van der Waals surface area contributed by atoms with Gasteiger partial charge in [-0.05, 0) is 74.5 Å². The maximum Gasteiger partial charge on any atom is 0.127 e. The van der Waals surface area contributed by atoms with Crippen LogP contribution in [0.2, 0.25) is 5.02 Å². The minimum absolute atomic E-state index is 0.0813. The molecule has 0 aliphatic carbocycles. The van der Waals surface area contributed by atoms with Crippen molar-refractivity contribution in [2.75, 3.05) is 39.1 Å². The number of piperidine rings is 1. The van der Waals surface area contributed by atoms with Gasteiger partial charge in [0.15, 0.2) is 0 Å². The molecule has 2 aromatic heterocycles. The van der Waals surface area contributed by atoms with Gasteiger partial charge in [0.1, 0.15) is 11.9 Å². The van der Waals surface area contributed by atoms with Gasteiger partial charge in [-0.2, -0.15) is 0 Å². The second kappa shape index (κ2) is 11.7. The summed E-state index contributed by atoms with van der Waals surface area (Å²) in [5, 5.41) is 11.2. The lowest BCUT2D eigenvalue weighted by Crippen LogP contribution is -2.42. The molecule has 8 heteroatoms. The van der Waals surface area contributed by atoms with E-state index in [0.717, 1.165) is 38.2 Å². The third kappa shape index (κ3) is 6.00. The van der Waals surface area contributed by atoms with Gasteiger partial charge in [-0.15, -0.1) is 11.8 Å². The van der Waals surface area contributed by atoms with Gasteiger partial charge >= 0.3 is 0 Å². The van der Waals surface area contributed by atoms with Crippen LogP contribution < -0.4 is 4.74 Å². The van der Waals surface area contributed by atoms with Gasteiger partial charge in [0.05, 0.1) is 17.6 Å². The van der Waals surface area contributed by atoms with E-state index in [4.69, 9.17) is 16.3 Å². The first-order chi connectivity index (χ1) is 16.5. The van der Waals surface area contributed by atoms with Crippen molar-refractivity contribution in [1.82, 2.24) is 14.9 Å². The van der Waals surface area contributed by atoms with E-state index in [0.29, 0.717) is 40.1 Å². The summed E-state index contributed by atoms with van der Waals surface area (Å²) in [6.07, 6.45) is 6.59. The molecule has 1 fully saturated rings. The molecule has 0 radical (unpaired) electrons. The molecular formula is C26H31ClFN3O2S. The molecule has 182 valence electrons. The van der Waals surface area contributed by atoms with Crippen LogP contribution in [0.5, 0.6) is 5.75 Å². The van der Waals surface area contributed by atoms with Crippen molar-refractivity contribution in [2.45, 2.75) is 36.8 Å². The van der Waals surface area contributed by atoms with Gasteiger partial charge in [-0.1, -0.05) is 11.6 Å². The van der Waals surface area contributed by atoms with E-state index in [-0.39, 0.29) is 12.0 Å². The Hall–Kier alpha value is -1.93. The van der Waals surface area contributed by atoms with Crippen LogP contribution in [0.15, 0.2) is 53.8 Å². The molecule has 3 aromatic rings. The fourth-order valence-electron chi connectivity index (χ4n) is 4.66. The highest BCUT2D eigenvalue weighted by Crippen LogP contribution is 2.42. The van der Waals surface area contributed by atoms with Crippen molar-refractivity contribution in [3.8, 4) is 5.75 Å². The lowest BCUT2D eigenvalue weighted by Gasteiger charge is -2.41. The van der Waals surface area contributed by atoms with Crippen LogP contribution in [-0.4, -0.2) is 59.1 Å². The summed E-state index contributed by atoms with van der Waals surface area (Å²) < 4.78 is 20.9. The monoisotopic (exact) mass is 503 g/mol. The fourth-order valence-corrected chi connectivity index (χ4v) is 5.82. The van der Waals surface area contributed by atoms with Crippen LogP contribution in [-0.2, 0) is 0 Å². The minimum atomic E-state index is -1.23. The summed E-state index contributed by atoms with van der Waals surface area (Å²) in [5.74, 6) is 1.66. The smallest absolute Gasteiger partial charge is 0.127 e. The van der Waals surface area contributed by atoms with Crippen molar-refractivity contribution in [3.05, 3.63) is 59.5 Å². The third-order valence-electron chi connectivity index (χ3n) is 6.89. The number of aliphatic hydroxyl groups excluding tert-OH is 1. The van der Waals surface area contributed by atoms with Crippen LogP contribution >= 0.6 is 23.4 Å². The Morgan fingerprint density at radius 3 is 2.71 bits per heavy atom. The maximum atomic E-state index is 15.6. The molecule has 0 bridgehead atoms. The summed E-state index contributed by atoms with van der Waals surface area (Å²) in [6.45, 7) is 2.92. The summed E-state index contributed by atoms with van der Waals surface area (Å²) in [4.78, 5) is 12.0. The Morgan fingerprint density at radius 2 is 2.00 bits per heavy atom. The highest BCUT2D eigenvalue weighted by molar-refractivity contribution is 7.99. The third-order valence-corrected chi connectivity index (χ3v) is 8.18. The Labute approximate surface area is 209 Å². The predicted octanol–water partition coefficient (Wildman–Crippen LogP) is 5.95. The number of nitrogens with zero attached hydrogens (tertiary/aromatic N) is 3. The molecule has 1 aromatic carbocycles. The molecule has 34 heavy (non-hydrogen) atoms. The average molecular weight is 504 g/mol. The van der Waals surface area contributed by atoms with Crippen LogP contribution in [0, 0.1) is 5.41 Å². The van der Waals surface area contributed by atoms with Gasteiger partial charge < -0.3 is 14.7 Å². The summed E-state index contributed by atoms with van der Waals surface area (Å²) in [5.41, 5.74) is 0.911. The molecule has 0 amide bonds. The molecule has 0 spiro atoms. The van der Waals surface area contributed by atoms with Crippen LogP contribution in [0.25, 0.3) is 10.9 Å². The second-order valence-corrected chi connectivity index (χ2v) is 10.5. The SMILES string of the molecule is COc1ccc2ncc(Cl)c(C(F)CCC3(CO)CCN(CCSc4ccncc4)CC3)c2c1. The number of hydrogen-bond acceptors (Lipinski definition) is 6. The number of rotatable bonds is 10. The molecule has 1 atom stereocenters. The fraction of sp³-hybridized carbons (Fsp3) is 0.462. The summed E-state index contributed by atoms with van der Waals surface area (Å²) in [6, 6.07) is 9.47. The Bertz CT molecular complexity index is 1080. The Kier molecular flexibility index (Phi) is 8.64. The first-order valence-corrected chi connectivity index (χ1v) is 13.0. The number of methoxy groups -OCH3 is 1. The van der Waals surface area contributed by atoms with Gasteiger partial charge in [-0.3, -0.25) is 9.97 Å². The maximum absolute atomic E-state index is 15.6. The molecule has 1 aliphatic rings. The topological polar surface area (TPSA) is 58.5 Å². The number of ether oxygens (including phenoxy) is 1. The molecule has 1 unspecified atom stereocenters. The second-order valence-electron chi connectivity index (χ2n) is 8.94. The standard InChI is InChI=1S/C26H31ClFN3O2S/c1-33-19-2-3-24-21(16-19)25(22(27)17-30-24)23(28)4-7-26(18-32)8-12-31(13-9-26)14-15-34-20-5-10-29-11-6-20/h2-3,5-6,10-11,16-17,23,32H,4,7-9,12-15,18H2,1H3. The van der Waals surface area contributed by atoms with E-state index in [1.54, 1.807) is 13.2 Å². The molecule has 1 aliphatic heterocycles. The molecule has 4 rings (SSSR count). The van der Waals surface area contributed by atoms with Crippen molar-refractivity contribution in [1.29, 1.82) is 0 Å². The van der Waals surface area contributed by atoms with Crippen molar-refractivity contribution in [3.63, 3.8) is 0 Å². The number of halogens is 2. The molecule has 0 saturated carbocycles. The number of pyridine rings is 2. The Morgan fingerprint density at radius 1 is 1.24 bits per heavy atom. The summed E-state index contributed by atoms with van der Waals surface area (Å²) in [7, 11) is 1.58. The van der Waals surface area contributed by atoms with Crippen LogP contribution in [0.4, 0.5) is 4.39 Å². The van der Waals surface area contributed by atoms with Gasteiger partial charge in [0, 0.05) is 53.3 Å². The first kappa shape index (κ1) is 25.2. The zero-order valence-corrected chi connectivity index (χ0v) is 21.0. The first-order valence-electron chi connectivity index (χ1n) is 11.7. The summed E-state index contributed by atoms with van der Waals surface area (Å²) >= 11 is 8.22. The molecule has 3 heterocycles. The minimum Gasteiger partial charge on any atom is -0.497 e. The molecule has 5 nitrogen and oxygen atoms in total. The van der Waals surface area contributed by atoms with E-state index in [1.165, 1.54) is 11.1 Å². The van der Waals surface area contributed by atoms with E-state index >= 15 is 4.39 Å². The lowest BCUT2D eigenvalue weighted by atomic mass is 9.74. The highest BCUT2D eigenvalue weighted by Gasteiger charge is 2.35. The zero-order valence-electron chi connectivity index (χ0n) is 19.4. The molecule has 1 N–H and O–H groups in total. The average Bonchev–Trinajstić information content (AvgIpc) is 2.88. The number of alkyl halides is 1. The number of hydrogen-bond donors (Lipinski definition) is 1. The number of thioether (sulfide) groups is 1. The number of aromatic nitrogens is 2. The van der Waals surface area contributed by atoms with Gasteiger partial charge in [0.25, 0.3) is 0 Å². The van der Waals surface area contributed by atoms with Gasteiger partial charge in [0.2, 0.25) is 0 Å². The lowest BCUT2D eigenvalue weighted by molar-refractivity contribution is 0.0323. The normalized spacial score (nSPS) is 17.1. The number of aliphatic hydroxyl groups is 1. The number of likely N-dealkylation sites (tertiary alicyclic amines) is 1. The zero-order chi connectivity index (χ0) is 24.0. The number of fused-ring (bicyclic) bond motifs is 1. The van der Waals surface area contributed by atoms with Crippen LogP contribution in [0.1, 0.15) is 37.4 Å². The van der Waals surface area contributed by atoms with Gasteiger partial charge in [-0.25, -0.2) is 4.39 Å². The molecular weight excluding hydrogens is 473 g/mol. The molecule has 1 saturated heterocycles. The number of benzene rings is 1. The van der Waals surface area contributed by atoms with E-state index in [9.17, 15) is 5.11 Å². The largest absolute Gasteiger partial charge is 0.497 e. The van der Waals surface area contributed by atoms with E-state index in [1.807, 2.05) is 48.4 Å². The van der Waals surface area contributed by atoms with E-state index < -0.39 is 6.17 Å². The van der Waals surface area contributed by atoms with Crippen molar-refractivity contribution >= 4 is 34.3 Å². The quantitative estimate of drug-likeness (QED) is 0.345. The van der Waals surface area contributed by atoms with Crippen molar-refractivity contribution in [2.24, 2.45) is 5.41 Å². The van der Waals surface area contributed by atoms with Crippen LogP contribution in [0.3, 0.4) is 0 Å². The van der Waals surface area contributed by atoms with E-state index in [2.05, 4.69) is 14.9 Å².